The third-order valence-corrected chi connectivity index (χ3v) is 7.21. The van der Waals surface area contributed by atoms with Crippen molar-refractivity contribution in [3.63, 3.8) is 0 Å². The molecule has 3 aromatic heterocycles. The van der Waals surface area contributed by atoms with Crippen molar-refractivity contribution in [1.82, 2.24) is 25.2 Å². The molecule has 0 saturated heterocycles. The molecule has 4 aromatic rings. The molecule has 1 aromatic carbocycles. The van der Waals surface area contributed by atoms with Crippen LogP contribution in [0, 0.1) is 0 Å². The molecular formula is C24H24N6OS. The van der Waals surface area contributed by atoms with Gasteiger partial charge in [-0.05, 0) is 61.6 Å². The van der Waals surface area contributed by atoms with Crippen LogP contribution in [0.3, 0.4) is 0 Å². The molecule has 3 N–H and O–H groups in total. The van der Waals surface area contributed by atoms with Gasteiger partial charge in [-0.3, -0.25) is 0 Å². The number of H-pyrrole nitrogens is 1. The number of carbonyl (C=O) groups excluding carboxylic acids is 1. The van der Waals surface area contributed by atoms with Crippen LogP contribution in [0.15, 0.2) is 48.1 Å². The molecule has 0 atom stereocenters. The molecule has 2 amide bonds. The van der Waals surface area contributed by atoms with Gasteiger partial charge in [0.25, 0.3) is 0 Å². The largest absolute Gasteiger partial charge is 0.355 e. The van der Waals surface area contributed by atoms with Crippen LogP contribution in [0.2, 0.25) is 0 Å². The van der Waals surface area contributed by atoms with Gasteiger partial charge in [-0.1, -0.05) is 6.08 Å². The van der Waals surface area contributed by atoms with Crippen LogP contribution in [0.4, 0.5) is 16.2 Å². The van der Waals surface area contributed by atoms with Gasteiger partial charge in [-0.25, -0.2) is 14.8 Å². The second-order valence-electron chi connectivity index (χ2n) is 8.47. The summed E-state index contributed by atoms with van der Waals surface area (Å²) in [6.45, 7) is 1.36. The Morgan fingerprint density at radius 1 is 1.19 bits per heavy atom. The predicted octanol–water partition coefficient (Wildman–Crippen LogP) is 5.27. The zero-order valence-corrected chi connectivity index (χ0v) is 18.4. The molecule has 0 unspecified atom stereocenters. The minimum Gasteiger partial charge on any atom is -0.355 e. The number of aromatic amines is 1. The zero-order chi connectivity index (χ0) is 21.5. The van der Waals surface area contributed by atoms with E-state index in [1.165, 1.54) is 12.0 Å². The summed E-state index contributed by atoms with van der Waals surface area (Å²) in [7, 11) is 0. The van der Waals surface area contributed by atoms with Crippen LogP contribution in [0.1, 0.15) is 31.4 Å². The Morgan fingerprint density at radius 2 is 2.12 bits per heavy atom. The van der Waals surface area contributed by atoms with Gasteiger partial charge in [0.1, 0.15) is 5.65 Å². The molecule has 1 fully saturated rings. The average Bonchev–Trinajstić information content (AvgIpc) is 3.43. The summed E-state index contributed by atoms with van der Waals surface area (Å²) in [6.07, 6.45) is 8.24. The Morgan fingerprint density at radius 3 is 2.94 bits per heavy atom. The topological polar surface area (TPSA) is 85.9 Å². The van der Waals surface area contributed by atoms with Crippen LogP contribution in [-0.2, 0) is 0 Å². The fraction of sp³-hybridized carbons (Fsp3) is 0.292. The number of hydrogen-bond acceptors (Lipinski definition) is 5. The Balaban J connectivity index is 1.21. The summed E-state index contributed by atoms with van der Waals surface area (Å²) in [5.41, 5.74) is 8.08. The highest BCUT2D eigenvalue weighted by Crippen LogP contribution is 2.31. The Kier molecular flexibility index (Phi) is 4.79. The van der Waals surface area contributed by atoms with E-state index in [0.717, 1.165) is 64.1 Å². The zero-order valence-electron chi connectivity index (χ0n) is 17.6. The van der Waals surface area contributed by atoms with E-state index in [-0.39, 0.29) is 6.03 Å². The number of rotatable bonds is 4. The van der Waals surface area contributed by atoms with Crippen molar-refractivity contribution in [3.05, 3.63) is 53.8 Å². The second-order valence-corrected chi connectivity index (χ2v) is 9.35. The minimum absolute atomic E-state index is 0.0627. The van der Waals surface area contributed by atoms with E-state index in [2.05, 4.69) is 49.9 Å². The Bertz CT molecular complexity index is 1330. The van der Waals surface area contributed by atoms with Gasteiger partial charge in [0, 0.05) is 42.1 Å². The number of anilines is 2. The quantitative estimate of drug-likeness (QED) is 0.400. The molecule has 4 heterocycles. The maximum Gasteiger partial charge on any atom is 0.317 e. The molecule has 7 nitrogen and oxygen atoms in total. The predicted molar refractivity (Wildman–Crippen MR) is 129 cm³/mol. The Labute approximate surface area is 189 Å². The van der Waals surface area contributed by atoms with Crippen molar-refractivity contribution >= 4 is 55.6 Å². The lowest BCUT2D eigenvalue weighted by atomic mass is 9.93. The summed E-state index contributed by atoms with van der Waals surface area (Å²) in [6, 6.07) is 10.8. The SMILES string of the molecule is O=C(NC1CCC1)N1CC=C(c2cc3c(Nc4ccc5ncsc5c4)ccnc3[nH]2)CC1. The van der Waals surface area contributed by atoms with Crippen LogP contribution in [0.25, 0.3) is 26.8 Å². The summed E-state index contributed by atoms with van der Waals surface area (Å²) in [4.78, 5) is 26.7. The van der Waals surface area contributed by atoms with Gasteiger partial charge in [-0.15, -0.1) is 11.3 Å². The summed E-state index contributed by atoms with van der Waals surface area (Å²) >= 11 is 1.64. The summed E-state index contributed by atoms with van der Waals surface area (Å²) < 4.78 is 1.16. The molecule has 1 aliphatic heterocycles. The van der Waals surface area contributed by atoms with Crippen LogP contribution >= 0.6 is 11.3 Å². The Hall–Kier alpha value is -3.39. The molecule has 0 radical (unpaired) electrons. The van der Waals surface area contributed by atoms with E-state index in [9.17, 15) is 4.79 Å². The first-order chi connectivity index (χ1) is 15.7. The lowest BCUT2D eigenvalue weighted by molar-refractivity contribution is 0.191. The molecule has 0 spiro atoms. The van der Waals surface area contributed by atoms with Crippen LogP contribution in [0.5, 0.6) is 0 Å². The first kappa shape index (κ1) is 19.3. The van der Waals surface area contributed by atoms with Gasteiger partial charge in [0.2, 0.25) is 0 Å². The molecule has 1 aliphatic carbocycles. The van der Waals surface area contributed by atoms with Crippen molar-refractivity contribution in [2.75, 3.05) is 18.4 Å². The summed E-state index contributed by atoms with van der Waals surface area (Å²) in [5, 5.41) is 7.72. The van der Waals surface area contributed by atoms with Crippen LogP contribution in [-0.4, -0.2) is 45.0 Å². The second kappa shape index (κ2) is 7.94. The number of urea groups is 1. The van der Waals surface area contributed by atoms with E-state index >= 15 is 0 Å². The minimum atomic E-state index is 0.0627. The number of thiazole rings is 1. The molecular weight excluding hydrogens is 420 g/mol. The third kappa shape index (κ3) is 3.60. The fourth-order valence-electron chi connectivity index (χ4n) is 4.31. The van der Waals surface area contributed by atoms with Gasteiger partial charge in [0.05, 0.1) is 21.4 Å². The number of benzene rings is 1. The van der Waals surface area contributed by atoms with E-state index < -0.39 is 0 Å². The average molecular weight is 445 g/mol. The highest BCUT2D eigenvalue weighted by molar-refractivity contribution is 7.16. The maximum atomic E-state index is 12.4. The monoisotopic (exact) mass is 444 g/mol. The molecule has 0 bridgehead atoms. The summed E-state index contributed by atoms with van der Waals surface area (Å²) in [5.74, 6) is 0. The molecule has 6 rings (SSSR count). The number of pyridine rings is 1. The number of hydrogen-bond donors (Lipinski definition) is 3. The number of nitrogens with one attached hydrogen (secondary N) is 3. The van der Waals surface area contributed by atoms with E-state index in [1.54, 1.807) is 11.3 Å². The van der Waals surface area contributed by atoms with E-state index in [4.69, 9.17) is 0 Å². The van der Waals surface area contributed by atoms with E-state index in [1.807, 2.05) is 28.7 Å². The van der Waals surface area contributed by atoms with Gasteiger partial charge in [-0.2, -0.15) is 0 Å². The first-order valence-electron chi connectivity index (χ1n) is 11.1. The standard InChI is InChI=1S/C24H24N6OS/c31-24(28-16-2-1-3-16)30-10-7-15(8-11-30)21-13-18-19(6-9-25-23(18)29-21)27-17-4-5-20-22(12-17)32-14-26-20/h4-7,9,12-14,16H,1-3,8,10-11H2,(H,28,31)(H2,25,27,29). The highest BCUT2D eigenvalue weighted by atomic mass is 32.1. The van der Waals surface area contributed by atoms with Crippen LogP contribution < -0.4 is 10.6 Å². The lowest BCUT2D eigenvalue weighted by Crippen LogP contribution is -2.48. The van der Waals surface area contributed by atoms with Crippen molar-refractivity contribution in [1.29, 1.82) is 0 Å². The molecule has 32 heavy (non-hydrogen) atoms. The highest BCUT2D eigenvalue weighted by Gasteiger charge is 2.24. The van der Waals surface area contributed by atoms with Crippen molar-refractivity contribution in [2.45, 2.75) is 31.7 Å². The van der Waals surface area contributed by atoms with Gasteiger partial charge in [0.15, 0.2) is 0 Å². The number of amides is 2. The smallest absolute Gasteiger partial charge is 0.317 e. The van der Waals surface area contributed by atoms with E-state index in [0.29, 0.717) is 12.6 Å². The molecule has 1 saturated carbocycles. The van der Waals surface area contributed by atoms with Crippen molar-refractivity contribution in [3.8, 4) is 0 Å². The van der Waals surface area contributed by atoms with Gasteiger partial charge >= 0.3 is 6.03 Å². The van der Waals surface area contributed by atoms with Gasteiger partial charge < -0.3 is 20.5 Å². The van der Waals surface area contributed by atoms with Crippen molar-refractivity contribution < 1.29 is 4.79 Å². The van der Waals surface area contributed by atoms with Crippen molar-refractivity contribution in [2.24, 2.45) is 0 Å². The number of nitrogens with zero attached hydrogens (tertiary/aromatic N) is 3. The molecule has 8 heteroatoms. The first-order valence-corrected chi connectivity index (χ1v) is 11.9. The third-order valence-electron chi connectivity index (χ3n) is 6.42. The maximum absolute atomic E-state index is 12.4. The fourth-order valence-corrected chi connectivity index (χ4v) is 5.03. The molecule has 162 valence electrons. The number of fused-ring (bicyclic) bond motifs is 2. The lowest BCUT2D eigenvalue weighted by Gasteiger charge is -2.32. The normalized spacial score (nSPS) is 16.8. The number of carbonyl (C=O) groups is 1. The molecule has 2 aliphatic rings. The number of aromatic nitrogens is 3.